The van der Waals surface area contributed by atoms with Gasteiger partial charge in [0.05, 0.1) is 17.1 Å². The molecular formula is C22H26FN3O3. The number of ether oxygens (including phenoxy) is 1. The van der Waals surface area contributed by atoms with Crippen molar-refractivity contribution in [2.75, 3.05) is 6.54 Å². The van der Waals surface area contributed by atoms with Gasteiger partial charge in [-0.1, -0.05) is 13.3 Å². The number of carbonyl (C=O) groups excluding carboxylic acids is 2. The lowest BCUT2D eigenvalue weighted by atomic mass is 10.3. The number of benzene rings is 1. The Balaban J connectivity index is 2.00. The topological polar surface area (TPSA) is 65.3 Å². The maximum Gasteiger partial charge on any atom is 0.355 e. The molecule has 1 amide bonds. The van der Waals surface area contributed by atoms with Crippen molar-refractivity contribution >= 4 is 22.9 Å². The molecule has 7 heteroatoms. The molecule has 0 spiro atoms. The van der Waals surface area contributed by atoms with E-state index < -0.39 is 5.97 Å². The van der Waals surface area contributed by atoms with Crippen LogP contribution in [0.25, 0.3) is 16.7 Å². The van der Waals surface area contributed by atoms with Gasteiger partial charge in [-0.2, -0.15) is 0 Å². The summed E-state index contributed by atoms with van der Waals surface area (Å²) in [6, 6.07) is 9.64. The zero-order valence-corrected chi connectivity index (χ0v) is 16.9. The van der Waals surface area contributed by atoms with E-state index in [1.807, 2.05) is 16.8 Å². The number of nitrogens with one attached hydrogen (secondary N) is 1. The molecule has 6 nitrogen and oxygen atoms in total. The van der Waals surface area contributed by atoms with E-state index in [1.54, 1.807) is 36.6 Å². The maximum absolute atomic E-state index is 13.3. The van der Waals surface area contributed by atoms with E-state index in [0.29, 0.717) is 12.2 Å². The van der Waals surface area contributed by atoms with Crippen molar-refractivity contribution in [1.29, 1.82) is 0 Å². The minimum absolute atomic E-state index is 0.0170. The van der Waals surface area contributed by atoms with Crippen LogP contribution in [0.3, 0.4) is 0 Å². The van der Waals surface area contributed by atoms with Crippen LogP contribution in [0.4, 0.5) is 4.39 Å². The molecule has 1 aromatic carbocycles. The number of esters is 1. The Morgan fingerprint density at radius 3 is 2.52 bits per heavy atom. The first-order valence-electron chi connectivity index (χ1n) is 9.85. The van der Waals surface area contributed by atoms with Crippen LogP contribution in [0.1, 0.15) is 44.1 Å². The summed E-state index contributed by atoms with van der Waals surface area (Å²) in [5.74, 6) is -0.966. The van der Waals surface area contributed by atoms with Crippen molar-refractivity contribution in [2.24, 2.45) is 0 Å². The van der Waals surface area contributed by atoms with Gasteiger partial charge in [-0.05, 0) is 56.7 Å². The van der Waals surface area contributed by atoms with Crippen molar-refractivity contribution in [3.63, 3.8) is 0 Å². The molecule has 2 aromatic heterocycles. The van der Waals surface area contributed by atoms with E-state index >= 15 is 0 Å². The molecule has 154 valence electrons. The molecule has 1 N–H and O–H groups in total. The van der Waals surface area contributed by atoms with Crippen molar-refractivity contribution in [3.05, 3.63) is 54.1 Å². The first kappa shape index (κ1) is 20.6. The second-order valence-electron chi connectivity index (χ2n) is 7.21. The number of fused-ring (bicyclic) bond motifs is 1. The highest BCUT2D eigenvalue weighted by Gasteiger charge is 2.22. The molecule has 0 unspecified atom stereocenters. The van der Waals surface area contributed by atoms with E-state index in [2.05, 4.69) is 12.2 Å². The third-order valence-corrected chi connectivity index (χ3v) is 4.57. The number of rotatable bonds is 8. The average molecular weight is 399 g/mol. The number of nitrogens with zero attached hydrogens (tertiary/aromatic N) is 2. The van der Waals surface area contributed by atoms with Crippen molar-refractivity contribution in [1.82, 2.24) is 14.5 Å². The fraction of sp³-hybridized carbons (Fsp3) is 0.364. The summed E-state index contributed by atoms with van der Waals surface area (Å²) >= 11 is 0. The van der Waals surface area contributed by atoms with Crippen LogP contribution in [-0.4, -0.2) is 33.7 Å². The molecule has 3 aromatic rings. The quantitative estimate of drug-likeness (QED) is 0.459. The molecule has 0 saturated heterocycles. The van der Waals surface area contributed by atoms with Crippen molar-refractivity contribution in [2.45, 2.75) is 46.3 Å². The third-order valence-electron chi connectivity index (χ3n) is 4.57. The van der Waals surface area contributed by atoms with Crippen LogP contribution in [0, 0.1) is 5.82 Å². The van der Waals surface area contributed by atoms with Crippen molar-refractivity contribution in [3.8, 4) is 5.69 Å². The molecule has 0 bridgehead atoms. The van der Waals surface area contributed by atoms with Gasteiger partial charge in [-0.15, -0.1) is 0 Å². The average Bonchev–Trinajstić information content (AvgIpc) is 3.22. The largest absolute Gasteiger partial charge is 0.458 e. The Labute approximate surface area is 169 Å². The lowest BCUT2D eigenvalue weighted by molar-refractivity contribution is -0.121. The molecule has 0 aliphatic carbocycles. The van der Waals surface area contributed by atoms with Crippen LogP contribution in [-0.2, 0) is 16.1 Å². The monoisotopic (exact) mass is 399 g/mol. The highest BCUT2D eigenvalue weighted by atomic mass is 19.1. The number of amides is 1. The number of hydrogen-bond donors (Lipinski definition) is 1. The van der Waals surface area contributed by atoms with Gasteiger partial charge in [0.25, 0.3) is 0 Å². The Hall–Kier alpha value is -3.09. The Morgan fingerprint density at radius 2 is 1.86 bits per heavy atom. The summed E-state index contributed by atoms with van der Waals surface area (Å²) < 4.78 is 22.2. The first-order chi connectivity index (χ1) is 13.9. The van der Waals surface area contributed by atoms with Crippen molar-refractivity contribution < 1.29 is 18.7 Å². The number of unbranched alkanes of at least 4 members (excludes halogenated alkanes) is 1. The molecule has 0 aliphatic rings. The number of aromatic nitrogens is 2. The normalized spacial score (nSPS) is 11.2. The smallest absolute Gasteiger partial charge is 0.355 e. The van der Waals surface area contributed by atoms with E-state index in [1.165, 1.54) is 12.1 Å². The summed E-state index contributed by atoms with van der Waals surface area (Å²) in [7, 11) is 0. The van der Waals surface area contributed by atoms with Crippen LogP contribution in [0.2, 0.25) is 0 Å². The number of hydrogen-bond acceptors (Lipinski definition) is 3. The zero-order valence-electron chi connectivity index (χ0n) is 16.9. The van der Waals surface area contributed by atoms with Gasteiger partial charge in [-0.25, -0.2) is 9.18 Å². The lowest BCUT2D eigenvalue weighted by Gasteiger charge is -2.12. The molecule has 0 fully saturated rings. The molecule has 0 atom stereocenters. The van der Waals surface area contributed by atoms with Crippen LogP contribution in [0.15, 0.2) is 42.6 Å². The molecule has 3 rings (SSSR count). The lowest BCUT2D eigenvalue weighted by Crippen LogP contribution is -2.29. The minimum atomic E-state index is -0.483. The fourth-order valence-electron chi connectivity index (χ4n) is 3.19. The molecule has 29 heavy (non-hydrogen) atoms. The number of carbonyl (C=O) groups is 2. The second kappa shape index (κ2) is 8.94. The number of halogens is 1. The summed E-state index contributed by atoms with van der Waals surface area (Å²) in [5, 5.41) is 2.88. The highest BCUT2D eigenvalue weighted by molar-refractivity contribution is 5.96. The van der Waals surface area contributed by atoms with Gasteiger partial charge in [0.2, 0.25) is 5.91 Å². The predicted octanol–water partition coefficient (Wildman–Crippen LogP) is 4.05. The molecule has 2 heterocycles. The van der Waals surface area contributed by atoms with Crippen LogP contribution >= 0.6 is 0 Å². The zero-order chi connectivity index (χ0) is 21.0. The van der Waals surface area contributed by atoms with Gasteiger partial charge in [0.1, 0.15) is 18.1 Å². The van der Waals surface area contributed by atoms with Gasteiger partial charge in [-0.3, -0.25) is 4.79 Å². The van der Waals surface area contributed by atoms with E-state index in [-0.39, 0.29) is 24.4 Å². The Kier molecular flexibility index (Phi) is 6.36. The second-order valence-corrected chi connectivity index (χ2v) is 7.21. The van der Waals surface area contributed by atoms with E-state index in [4.69, 9.17) is 4.74 Å². The standard InChI is InChI=1S/C22H26FN3O3/c1-4-5-11-24-21(27)14-26-18-10-12-25(17-8-6-16(23)7-9-17)19(18)13-20(26)22(28)29-15(2)3/h6-10,12-13,15H,4-5,11,14H2,1-3H3,(H,24,27). The summed E-state index contributed by atoms with van der Waals surface area (Å²) in [5.41, 5.74) is 2.55. The van der Waals surface area contributed by atoms with Gasteiger partial charge >= 0.3 is 5.97 Å². The van der Waals surface area contributed by atoms with Crippen LogP contribution < -0.4 is 5.32 Å². The van der Waals surface area contributed by atoms with Gasteiger partial charge in [0, 0.05) is 18.4 Å². The Bertz CT molecular complexity index is 1000. The first-order valence-corrected chi connectivity index (χ1v) is 9.85. The predicted molar refractivity (Wildman–Crippen MR) is 110 cm³/mol. The molecule has 0 aliphatic heterocycles. The maximum atomic E-state index is 13.3. The summed E-state index contributed by atoms with van der Waals surface area (Å²) in [6.07, 6.45) is 3.44. The minimum Gasteiger partial charge on any atom is -0.458 e. The highest BCUT2D eigenvalue weighted by Crippen LogP contribution is 2.25. The fourth-order valence-corrected chi connectivity index (χ4v) is 3.19. The molecular weight excluding hydrogens is 373 g/mol. The van der Waals surface area contributed by atoms with E-state index in [9.17, 15) is 14.0 Å². The van der Waals surface area contributed by atoms with Gasteiger partial charge < -0.3 is 19.2 Å². The summed E-state index contributed by atoms with van der Waals surface area (Å²) in [4.78, 5) is 25.1. The Morgan fingerprint density at radius 1 is 1.14 bits per heavy atom. The molecule has 0 radical (unpaired) electrons. The molecule has 0 saturated carbocycles. The SMILES string of the molecule is CCCCNC(=O)Cn1c(C(=O)OC(C)C)cc2c1ccn2-c1ccc(F)cc1. The van der Waals surface area contributed by atoms with Gasteiger partial charge in [0.15, 0.2) is 0 Å². The third kappa shape index (κ3) is 4.67. The summed E-state index contributed by atoms with van der Waals surface area (Å²) in [6.45, 7) is 6.23. The van der Waals surface area contributed by atoms with E-state index in [0.717, 1.165) is 29.6 Å². The van der Waals surface area contributed by atoms with Crippen LogP contribution in [0.5, 0.6) is 0 Å².